The van der Waals surface area contributed by atoms with E-state index in [1.165, 1.54) is 12.1 Å². The average molecular weight is 592 g/mol. The lowest BCUT2D eigenvalue weighted by Crippen LogP contribution is -2.21. The summed E-state index contributed by atoms with van der Waals surface area (Å²) in [7, 11) is 1.83. The molecule has 4 rings (SSSR count). The molecule has 0 bridgehead atoms. The number of anilines is 8. The normalized spacial score (nSPS) is 10.5. The summed E-state index contributed by atoms with van der Waals surface area (Å²) in [6.45, 7) is 2.13. The first-order chi connectivity index (χ1) is 20.9. The van der Waals surface area contributed by atoms with Gasteiger partial charge in [-0.3, -0.25) is 4.79 Å². The second kappa shape index (κ2) is 15.3. The van der Waals surface area contributed by atoms with Gasteiger partial charge in [0.2, 0.25) is 35.7 Å². The summed E-state index contributed by atoms with van der Waals surface area (Å²) in [6, 6.07) is 13.2. The Kier molecular flexibility index (Phi) is 10.8. The number of hydrogen-bond acceptors (Lipinski definition) is 16. The van der Waals surface area contributed by atoms with Crippen LogP contribution >= 0.6 is 0 Å². The van der Waals surface area contributed by atoms with E-state index < -0.39 is 5.97 Å². The third-order valence-corrected chi connectivity index (χ3v) is 5.49. The number of carbonyl (C=O) groups is 1. The number of carboxylic acid groups (broad SMARTS) is 1. The summed E-state index contributed by atoms with van der Waals surface area (Å²) in [5, 5.41) is 50.2. The van der Waals surface area contributed by atoms with Gasteiger partial charge in [0.1, 0.15) is 11.5 Å². The van der Waals surface area contributed by atoms with E-state index in [2.05, 4.69) is 67.1 Å². The first kappa shape index (κ1) is 30.3. The number of phenolic OH excluding ortho intramolecular Hbond substituents is 2. The number of carboxylic acids is 1. The number of nitrogens with zero attached hydrogens (tertiary/aromatic N) is 6. The van der Waals surface area contributed by atoms with Crippen LogP contribution in [-0.4, -0.2) is 91.0 Å². The number of aromatic hydroxyl groups is 2. The second-order valence-electron chi connectivity index (χ2n) is 8.88. The Morgan fingerprint density at radius 1 is 0.651 bits per heavy atom. The molecule has 0 aliphatic heterocycles. The molecule has 10 N–H and O–H groups in total. The van der Waals surface area contributed by atoms with Crippen molar-refractivity contribution in [1.82, 2.24) is 35.2 Å². The van der Waals surface area contributed by atoms with Gasteiger partial charge in [-0.25, -0.2) is 0 Å². The van der Waals surface area contributed by atoms with Crippen molar-refractivity contribution in [3.05, 3.63) is 48.5 Å². The maximum absolute atomic E-state index is 10.9. The van der Waals surface area contributed by atoms with Crippen LogP contribution in [0, 0.1) is 0 Å². The van der Waals surface area contributed by atoms with E-state index in [4.69, 9.17) is 5.11 Å². The molecule has 43 heavy (non-hydrogen) atoms. The topological polar surface area (TPSA) is 239 Å². The molecule has 0 saturated heterocycles. The molecule has 0 amide bonds. The Bertz CT molecular complexity index is 1510. The fourth-order valence-corrected chi connectivity index (χ4v) is 3.52. The molecule has 2 heterocycles. The lowest BCUT2D eigenvalue weighted by atomic mass is 10.3. The van der Waals surface area contributed by atoms with Gasteiger partial charge in [0.15, 0.2) is 0 Å². The van der Waals surface area contributed by atoms with E-state index >= 15 is 0 Å². The summed E-state index contributed by atoms with van der Waals surface area (Å²) >= 11 is 0. The Hall–Kier alpha value is -5.71. The maximum atomic E-state index is 10.9. The number of aliphatic carboxylic acids is 1. The third-order valence-electron chi connectivity index (χ3n) is 5.49. The Morgan fingerprint density at radius 2 is 1.19 bits per heavy atom. The first-order valence-corrected chi connectivity index (χ1v) is 13.3. The zero-order chi connectivity index (χ0) is 30.4. The Balaban J connectivity index is 1.44. The van der Waals surface area contributed by atoms with Gasteiger partial charge in [0.25, 0.3) is 0 Å². The van der Waals surface area contributed by atoms with Crippen LogP contribution in [0.25, 0.3) is 0 Å². The lowest BCUT2D eigenvalue weighted by molar-refractivity contribution is -0.136. The van der Waals surface area contributed by atoms with E-state index in [1.807, 2.05) is 7.05 Å². The number of nitrogens with one attached hydrogen (secondary N) is 7. The Labute approximate surface area is 246 Å². The SMILES string of the molecule is CNCCNc1nc(NCCNc2nc(Nc3cccc(O)c3)nc(Nc3ccccc3O)n2)nc(NCCC(=O)O)n1. The molecule has 0 saturated carbocycles. The van der Waals surface area contributed by atoms with Crippen LogP contribution < -0.4 is 37.2 Å². The molecule has 0 unspecified atom stereocenters. The largest absolute Gasteiger partial charge is 0.508 e. The molecule has 0 aliphatic rings. The molecule has 4 aromatic rings. The monoisotopic (exact) mass is 591 g/mol. The van der Waals surface area contributed by atoms with E-state index in [9.17, 15) is 15.0 Å². The van der Waals surface area contributed by atoms with Crippen molar-refractivity contribution in [2.45, 2.75) is 6.42 Å². The summed E-state index contributed by atoms with van der Waals surface area (Å²) in [5.41, 5.74) is 0.973. The van der Waals surface area contributed by atoms with Crippen molar-refractivity contribution in [1.29, 1.82) is 0 Å². The summed E-state index contributed by atoms with van der Waals surface area (Å²) in [6.07, 6.45) is -0.0875. The number of rotatable bonds is 17. The summed E-state index contributed by atoms with van der Waals surface area (Å²) < 4.78 is 0. The van der Waals surface area contributed by atoms with Crippen LogP contribution in [0.4, 0.5) is 47.1 Å². The average Bonchev–Trinajstić information content (AvgIpc) is 2.96. The minimum atomic E-state index is -0.934. The maximum Gasteiger partial charge on any atom is 0.305 e. The number of likely N-dealkylation sites (N-methyl/N-ethyl adjacent to an activating group) is 1. The zero-order valence-electron chi connectivity index (χ0n) is 23.3. The second-order valence-corrected chi connectivity index (χ2v) is 8.88. The van der Waals surface area contributed by atoms with Crippen molar-refractivity contribution in [2.75, 3.05) is 71.7 Å². The molecule has 226 valence electrons. The molecule has 0 aliphatic carbocycles. The van der Waals surface area contributed by atoms with E-state index in [0.717, 1.165) is 0 Å². The summed E-state index contributed by atoms with van der Waals surface area (Å²) in [5.74, 6) is 0.618. The molecule has 17 heteroatoms. The number of aromatic nitrogens is 6. The molecular formula is C26H33N13O4. The van der Waals surface area contributed by atoms with Crippen molar-refractivity contribution < 1.29 is 20.1 Å². The highest BCUT2D eigenvalue weighted by Crippen LogP contribution is 2.26. The van der Waals surface area contributed by atoms with E-state index in [1.54, 1.807) is 36.4 Å². The lowest BCUT2D eigenvalue weighted by Gasteiger charge is -2.13. The first-order valence-electron chi connectivity index (χ1n) is 13.3. The fraction of sp³-hybridized carbons (Fsp3) is 0.269. The minimum absolute atomic E-state index is 0.0260. The van der Waals surface area contributed by atoms with Crippen molar-refractivity contribution in [3.63, 3.8) is 0 Å². The molecule has 0 atom stereocenters. The van der Waals surface area contributed by atoms with Gasteiger partial charge in [-0.1, -0.05) is 18.2 Å². The highest BCUT2D eigenvalue weighted by Gasteiger charge is 2.11. The zero-order valence-corrected chi connectivity index (χ0v) is 23.3. The van der Waals surface area contributed by atoms with Gasteiger partial charge < -0.3 is 52.5 Å². The van der Waals surface area contributed by atoms with Crippen LogP contribution in [0.15, 0.2) is 48.5 Å². The molecule has 2 aromatic carbocycles. The van der Waals surface area contributed by atoms with Crippen LogP contribution in [0.5, 0.6) is 11.5 Å². The van der Waals surface area contributed by atoms with Gasteiger partial charge in [-0.05, 0) is 31.3 Å². The van der Waals surface area contributed by atoms with Gasteiger partial charge in [0, 0.05) is 44.5 Å². The highest BCUT2D eigenvalue weighted by molar-refractivity contribution is 5.67. The van der Waals surface area contributed by atoms with Crippen LogP contribution in [-0.2, 0) is 4.79 Å². The minimum Gasteiger partial charge on any atom is -0.508 e. The fourth-order valence-electron chi connectivity index (χ4n) is 3.52. The van der Waals surface area contributed by atoms with Crippen LogP contribution in [0.3, 0.4) is 0 Å². The highest BCUT2D eigenvalue weighted by atomic mass is 16.4. The number of hydrogen-bond donors (Lipinski definition) is 10. The van der Waals surface area contributed by atoms with Crippen molar-refractivity contribution in [2.24, 2.45) is 0 Å². The van der Waals surface area contributed by atoms with Crippen LogP contribution in [0.2, 0.25) is 0 Å². The summed E-state index contributed by atoms with van der Waals surface area (Å²) in [4.78, 5) is 37.0. The molecule has 0 radical (unpaired) electrons. The molecular weight excluding hydrogens is 558 g/mol. The van der Waals surface area contributed by atoms with Crippen LogP contribution in [0.1, 0.15) is 6.42 Å². The van der Waals surface area contributed by atoms with Crippen molar-refractivity contribution in [3.8, 4) is 11.5 Å². The van der Waals surface area contributed by atoms with Gasteiger partial charge in [-0.15, -0.1) is 0 Å². The quantitative estimate of drug-likeness (QED) is 0.0623. The predicted molar refractivity (Wildman–Crippen MR) is 163 cm³/mol. The standard InChI is InChI=1S/C26H33N13O4/c1-27-11-12-29-22-34-21(28-10-9-20(42)43)35-23(36-22)30-13-14-31-24-37-25(32-16-5-4-6-17(40)15-16)39-26(38-24)33-18-7-2-3-8-19(18)41/h2-8,15,27,40-41H,9-14H2,1H3,(H,42,43)(H3,28,29,30,34,35,36)(H3,31,32,33,37,38,39). The Morgan fingerprint density at radius 3 is 1.77 bits per heavy atom. The smallest absolute Gasteiger partial charge is 0.305 e. The molecule has 2 aromatic heterocycles. The number of benzene rings is 2. The van der Waals surface area contributed by atoms with Gasteiger partial charge >= 0.3 is 5.97 Å². The predicted octanol–water partition coefficient (Wildman–Crippen LogP) is 2.00. The third kappa shape index (κ3) is 10.0. The molecule has 0 fully saturated rings. The molecule has 17 nitrogen and oxygen atoms in total. The van der Waals surface area contributed by atoms with Gasteiger partial charge in [0.05, 0.1) is 12.1 Å². The van der Waals surface area contributed by atoms with E-state index in [-0.39, 0.29) is 54.2 Å². The van der Waals surface area contributed by atoms with Gasteiger partial charge in [-0.2, -0.15) is 29.9 Å². The number of para-hydroxylation sites is 2. The molecule has 0 spiro atoms. The van der Waals surface area contributed by atoms with E-state index in [0.29, 0.717) is 43.5 Å². The number of phenols is 2. The van der Waals surface area contributed by atoms with Crippen molar-refractivity contribution >= 4 is 53.0 Å².